The van der Waals surface area contributed by atoms with Crippen molar-refractivity contribution in [2.24, 2.45) is 39.4 Å². The molecule has 2 saturated carbocycles. The number of carboxylic acid groups (broad SMARTS) is 1. The van der Waals surface area contributed by atoms with Crippen LogP contribution in [0.4, 0.5) is 0 Å². The van der Waals surface area contributed by atoms with E-state index in [1.807, 2.05) is 0 Å². The Morgan fingerprint density at radius 3 is 2.26 bits per heavy atom. The molecule has 1 unspecified atom stereocenters. The van der Waals surface area contributed by atoms with Gasteiger partial charge < -0.3 is 54.7 Å². The summed E-state index contributed by atoms with van der Waals surface area (Å²) in [4.78, 5) is 13.7. The van der Waals surface area contributed by atoms with Gasteiger partial charge in [-0.2, -0.15) is 0 Å². The van der Waals surface area contributed by atoms with Gasteiger partial charge in [0.25, 0.3) is 0 Å². The number of aliphatic hydroxyl groups is 6. The summed E-state index contributed by atoms with van der Waals surface area (Å²) in [7, 11) is 0. The van der Waals surface area contributed by atoms with Crippen LogP contribution in [0.15, 0.2) is 22.8 Å². The highest BCUT2D eigenvalue weighted by atomic mass is 16.8. The summed E-state index contributed by atoms with van der Waals surface area (Å²) in [5.74, 6) is 0.302. The number of fused-ring (bicyclic) bond motifs is 4. The van der Waals surface area contributed by atoms with Gasteiger partial charge in [-0.15, -0.1) is 0 Å². The number of aliphatic hydroxyl groups excluding tert-OH is 6. The Balaban J connectivity index is 1.23. The van der Waals surface area contributed by atoms with E-state index in [0.717, 1.165) is 51.4 Å². The van der Waals surface area contributed by atoms with E-state index in [2.05, 4.69) is 54.5 Å². The first kappa shape index (κ1) is 41.2. The predicted molar refractivity (Wildman–Crippen MR) is 194 cm³/mol. The third-order valence-corrected chi connectivity index (χ3v) is 15.3. The zero-order valence-electron chi connectivity index (χ0n) is 32.7. The van der Waals surface area contributed by atoms with Gasteiger partial charge in [0, 0.05) is 0 Å². The molecule has 4 fully saturated rings. The van der Waals surface area contributed by atoms with E-state index in [9.17, 15) is 40.5 Å². The molecule has 0 aromatic rings. The minimum absolute atomic E-state index is 0.173. The number of carboxylic acids is 1. The van der Waals surface area contributed by atoms with E-state index < -0.39 is 78.7 Å². The zero-order valence-corrected chi connectivity index (χ0v) is 32.7. The van der Waals surface area contributed by atoms with Crippen LogP contribution in [0.5, 0.6) is 0 Å². The molecule has 12 nitrogen and oxygen atoms in total. The van der Waals surface area contributed by atoms with Gasteiger partial charge in [-0.1, -0.05) is 57.4 Å². The molecule has 0 amide bonds. The minimum Gasteiger partial charge on any atom is -0.481 e. The fraction of sp³-hybridized carbons (Fsp3) is 0.878. The van der Waals surface area contributed by atoms with Crippen molar-refractivity contribution in [3.05, 3.63) is 22.8 Å². The molecule has 0 radical (unpaired) electrons. The molecule has 302 valence electrons. The smallest absolute Gasteiger partial charge is 0.314 e. The Morgan fingerprint density at radius 2 is 1.60 bits per heavy atom. The van der Waals surface area contributed by atoms with E-state index in [1.165, 1.54) is 16.7 Å². The van der Waals surface area contributed by atoms with Gasteiger partial charge in [0.2, 0.25) is 0 Å². The Bertz CT molecular complexity index is 1410. The average Bonchev–Trinajstić information content (AvgIpc) is 3.43. The second-order valence-electron chi connectivity index (χ2n) is 18.6. The molecule has 0 spiro atoms. The van der Waals surface area contributed by atoms with Crippen LogP contribution in [0.3, 0.4) is 0 Å². The molecule has 2 heterocycles. The zero-order chi connectivity index (χ0) is 38.8. The summed E-state index contributed by atoms with van der Waals surface area (Å²) in [6.45, 7) is 14.7. The van der Waals surface area contributed by atoms with Gasteiger partial charge in [0.05, 0.1) is 24.7 Å². The van der Waals surface area contributed by atoms with Gasteiger partial charge in [0.1, 0.15) is 42.7 Å². The maximum Gasteiger partial charge on any atom is 0.314 e. The lowest BCUT2D eigenvalue weighted by atomic mass is 9.43. The summed E-state index contributed by atoms with van der Waals surface area (Å²) in [6, 6.07) is 0. The number of ether oxygens (including phenoxy) is 4. The van der Waals surface area contributed by atoms with Crippen molar-refractivity contribution in [3.63, 3.8) is 0 Å². The average molecular weight is 751 g/mol. The van der Waals surface area contributed by atoms with Gasteiger partial charge >= 0.3 is 5.97 Å². The van der Waals surface area contributed by atoms with E-state index >= 15 is 0 Å². The van der Waals surface area contributed by atoms with Gasteiger partial charge in [-0.3, -0.25) is 4.79 Å². The molecule has 0 bridgehead atoms. The molecule has 2 saturated heterocycles. The van der Waals surface area contributed by atoms with E-state index in [4.69, 9.17) is 18.9 Å². The molecular weight excluding hydrogens is 684 g/mol. The number of aliphatic carboxylic acids is 1. The molecule has 53 heavy (non-hydrogen) atoms. The van der Waals surface area contributed by atoms with Crippen LogP contribution >= 0.6 is 0 Å². The fourth-order valence-electron chi connectivity index (χ4n) is 12.3. The molecule has 0 aromatic heterocycles. The Kier molecular flexibility index (Phi) is 11.8. The van der Waals surface area contributed by atoms with Crippen molar-refractivity contribution in [1.29, 1.82) is 0 Å². The van der Waals surface area contributed by atoms with Crippen LogP contribution in [-0.2, 0) is 23.7 Å². The van der Waals surface area contributed by atoms with Gasteiger partial charge in [-0.05, 0) is 112 Å². The number of carbonyl (C=O) groups is 1. The maximum absolute atomic E-state index is 13.7. The predicted octanol–water partition coefficient (Wildman–Crippen LogP) is 3.83. The van der Waals surface area contributed by atoms with Crippen LogP contribution < -0.4 is 0 Å². The molecule has 2 aliphatic heterocycles. The van der Waals surface area contributed by atoms with Gasteiger partial charge in [0.15, 0.2) is 12.6 Å². The number of rotatable bonds is 10. The quantitative estimate of drug-likeness (QED) is 0.160. The summed E-state index contributed by atoms with van der Waals surface area (Å²) >= 11 is 0. The number of hydrogen-bond donors (Lipinski definition) is 7. The highest BCUT2D eigenvalue weighted by Gasteiger charge is 2.68. The summed E-state index contributed by atoms with van der Waals surface area (Å²) in [5, 5.41) is 73.7. The first-order valence-electron chi connectivity index (χ1n) is 20.0. The maximum atomic E-state index is 13.7. The first-order valence-corrected chi connectivity index (χ1v) is 20.0. The molecule has 12 heteroatoms. The lowest BCUT2D eigenvalue weighted by Gasteiger charge is -2.62. The summed E-state index contributed by atoms with van der Waals surface area (Å²) in [6.07, 6.45) is -2.59. The third-order valence-electron chi connectivity index (χ3n) is 15.3. The van der Waals surface area contributed by atoms with Crippen LogP contribution in [0.2, 0.25) is 0 Å². The lowest BCUT2D eigenvalue weighted by Crippen LogP contribution is -2.64. The van der Waals surface area contributed by atoms with Crippen molar-refractivity contribution in [3.8, 4) is 0 Å². The summed E-state index contributed by atoms with van der Waals surface area (Å²) in [5.41, 5.74) is 2.06. The number of hydrogen-bond acceptors (Lipinski definition) is 11. The van der Waals surface area contributed by atoms with Crippen molar-refractivity contribution in [2.75, 3.05) is 13.2 Å². The van der Waals surface area contributed by atoms with E-state index in [1.54, 1.807) is 0 Å². The van der Waals surface area contributed by atoms with Crippen LogP contribution in [0.25, 0.3) is 0 Å². The van der Waals surface area contributed by atoms with Crippen LogP contribution in [0.1, 0.15) is 113 Å². The van der Waals surface area contributed by atoms with Crippen LogP contribution in [-0.4, -0.2) is 116 Å². The molecule has 7 N–H and O–H groups in total. The molecule has 16 atom stereocenters. The van der Waals surface area contributed by atoms with Crippen molar-refractivity contribution < 1.29 is 59.5 Å². The SMILES string of the molecule is CC(C)=CCC[C@@H](C)C1CC[C@@]2(C(=O)O)C3=C(CC[C@]12C)[C@@]1(C)CC[C@H](O[C@@H]2OC[C@H](O)[C@H](O)[C@H]2O[C@@H]2O[C@H](CO)[C@H](O)[C@H](O)[C@H]2O)C(C)(C)[C@@H]1CC3. The molecule has 4 aliphatic carbocycles. The van der Waals surface area contributed by atoms with E-state index in [-0.39, 0.29) is 29.5 Å². The van der Waals surface area contributed by atoms with Crippen molar-refractivity contribution in [1.82, 2.24) is 0 Å². The lowest BCUT2D eigenvalue weighted by molar-refractivity contribution is -0.365. The summed E-state index contributed by atoms with van der Waals surface area (Å²) < 4.78 is 24.1. The fourth-order valence-corrected chi connectivity index (χ4v) is 12.3. The Morgan fingerprint density at radius 1 is 0.887 bits per heavy atom. The first-order chi connectivity index (χ1) is 24.8. The van der Waals surface area contributed by atoms with Crippen LogP contribution in [0, 0.1) is 39.4 Å². The minimum atomic E-state index is -1.71. The molecule has 6 rings (SSSR count). The van der Waals surface area contributed by atoms with Crippen molar-refractivity contribution in [2.45, 2.75) is 174 Å². The highest BCUT2D eigenvalue weighted by molar-refractivity contribution is 5.82. The second-order valence-corrected chi connectivity index (χ2v) is 18.6. The highest BCUT2D eigenvalue weighted by Crippen LogP contribution is 2.73. The normalized spacial score (nSPS) is 47.3. The largest absolute Gasteiger partial charge is 0.481 e. The van der Waals surface area contributed by atoms with E-state index in [0.29, 0.717) is 24.7 Å². The monoisotopic (exact) mass is 750 g/mol. The molecule has 6 aliphatic rings. The van der Waals surface area contributed by atoms with Crippen molar-refractivity contribution >= 4 is 5.97 Å². The Hall–Kier alpha value is -1.45. The van der Waals surface area contributed by atoms with Gasteiger partial charge in [-0.25, -0.2) is 0 Å². The topological polar surface area (TPSA) is 196 Å². The standard InChI is InChI=1S/C41H66O12/c1-21(2)9-8-10-22(3)23-14-18-41(37(48)49)25-11-12-28-38(4,5)29(15-16-39(28,6)24(25)13-17-40(23,41)7)52-36-34(30(44)26(43)20-50-36)53-35-33(47)32(46)31(45)27(19-42)51-35/h9,22-23,26-36,42-47H,8,10-20H2,1-7H3,(H,48,49)/t22-,23?,26+,27-,28+,29+,30+,31+,32+,33-,34-,35+,36+,39-,40-,41+/m1/s1. The molecular formula is C41H66O12. The Labute approximate surface area is 314 Å². The second kappa shape index (κ2) is 15.1. The number of allylic oxidation sites excluding steroid dienone is 3. The third kappa shape index (κ3) is 6.68. The molecule has 0 aromatic carbocycles.